The summed E-state index contributed by atoms with van der Waals surface area (Å²) in [6, 6.07) is 1.95. The summed E-state index contributed by atoms with van der Waals surface area (Å²) in [6.07, 6.45) is 2.04. The Bertz CT molecular complexity index is 417. The fourth-order valence-electron chi connectivity index (χ4n) is 2.33. The molecular weight excluding hydrogens is 214 g/mol. The first kappa shape index (κ1) is 12.2. The van der Waals surface area contributed by atoms with Crippen LogP contribution >= 0.6 is 0 Å². The average molecular weight is 235 g/mol. The van der Waals surface area contributed by atoms with Crippen molar-refractivity contribution in [1.82, 2.24) is 4.98 Å². The average Bonchev–Trinajstić information content (AvgIpc) is 2.19. The van der Waals surface area contributed by atoms with Gasteiger partial charge in [-0.25, -0.2) is 4.98 Å². The summed E-state index contributed by atoms with van der Waals surface area (Å²) in [5.41, 5.74) is 7.61. The van der Waals surface area contributed by atoms with Crippen molar-refractivity contribution in [3.8, 4) is 0 Å². The molecule has 0 aromatic carbocycles. The largest absolute Gasteiger partial charge is 0.398 e. The van der Waals surface area contributed by atoms with Crippen LogP contribution in [0.3, 0.4) is 0 Å². The van der Waals surface area contributed by atoms with Crippen LogP contribution in [0.1, 0.15) is 26.3 Å². The number of pyridine rings is 1. The van der Waals surface area contributed by atoms with Gasteiger partial charge < -0.3 is 15.4 Å². The lowest BCUT2D eigenvalue weighted by atomic mass is 10.1. The molecule has 2 heterocycles. The van der Waals surface area contributed by atoms with Crippen LogP contribution in [0.25, 0.3) is 0 Å². The van der Waals surface area contributed by atoms with Crippen LogP contribution in [-0.2, 0) is 4.74 Å². The number of rotatable bonds is 1. The van der Waals surface area contributed by atoms with E-state index in [9.17, 15) is 0 Å². The fourth-order valence-corrected chi connectivity index (χ4v) is 2.33. The molecule has 2 rings (SSSR count). The lowest BCUT2D eigenvalue weighted by Crippen LogP contribution is -2.52. The third-order valence-corrected chi connectivity index (χ3v) is 3.02. The predicted octanol–water partition coefficient (Wildman–Crippen LogP) is 1.98. The highest BCUT2D eigenvalue weighted by atomic mass is 16.5. The zero-order valence-electron chi connectivity index (χ0n) is 11.0. The van der Waals surface area contributed by atoms with E-state index >= 15 is 0 Å². The summed E-state index contributed by atoms with van der Waals surface area (Å²) < 4.78 is 5.88. The molecule has 0 aliphatic carbocycles. The van der Waals surface area contributed by atoms with Crippen molar-refractivity contribution in [2.75, 3.05) is 23.7 Å². The van der Waals surface area contributed by atoms with Crippen LogP contribution in [-0.4, -0.2) is 29.8 Å². The van der Waals surface area contributed by atoms with Crippen LogP contribution in [0.2, 0.25) is 0 Å². The Morgan fingerprint density at radius 1 is 1.53 bits per heavy atom. The van der Waals surface area contributed by atoms with Gasteiger partial charge in [-0.05, 0) is 33.3 Å². The van der Waals surface area contributed by atoms with E-state index in [-0.39, 0.29) is 11.7 Å². The Morgan fingerprint density at radius 2 is 2.24 bits per heavy atom. The van der Waals surface area contributed by atoms with Gasteiger partial charge in [-0.2, -0.15) is 0 Å². The van der Waals surface area contributed by atoms with E-state index in [1.165, 1.54) is 0 Å². The molecule has 1 saturated heterocycles. The van der Waals surface area contributed by atoms with Crippen molar-refractivity contribution in [1.29, 1.82) is 0 Å². The van der Waals surface area contributed by atoms with Gasteiger partial charge in [-0.3, -0.25) is 0 Å². The Morgan fingerprint density at radius 3 is 2.82 bits per heavy atom. The Balaban J connectivity index is 2.24. The zero-order chi connectivity index (χ0) is 12.6. The van der Waals surface area contributed by atoms with Gasteiger partial charge in [0.15, 0.2) is 0 Å². The van der Waals surface area contributed by atoms with Crippen molar-refractivity contribution in [3.63, 3.8) is 0 Å². The van der Waals surface area contributed by atoms with Crippen molar-refractivity contribution in [2.24, 2.45) is 0 Å². The molecule has 0 spiro atoms. The molecule has 2 N–H and O–H groups in total. The third kappa shape index (κ3) is 2.69. The van der Waals surface area contributed by atoms with Gasteiger partial charge in [0.05, 0.1) is 11.7 Å². The predicted molar refractivity (Wildman–Crippen MR) is 70.2 cm³/mol. The van der Waals surface area contributed by atoms with Crippen LogP contribution in [0.15, 0.2) is 12.3 Å². The molecule has 17 heavy (non-hydrogen) atoms. The maximum absolute atomic E-state index is 5.93. The first-order valence-electron chi connectivity index (χ1n) is 6.02. The van der Waals surface area contributed by atoms with Gasteiger partial charge in [-0.15, -0.1) is 0 Å². The highest BCUT2D eigenvalue weighted by Crippen LogP contribution is 2.26. The number of anilines is 2. The minimum Gasteiger partial charge on any atom is -0.398 e. The zero-order valence-corrected chi connectivity index (χ0v) is 11.0. The molecular formula is C13H21N3O. The first-order valence-corrected chi connectivity index (χ1v) is 6.02. The van der Waals surface area contributed by atoms with E-state index < -0.39 is 0 Å². The Labute approximate surface area is 103 Å². The lowest BCUT2D eigenvalue weighted by Gasteiger charge is -2.42. The standard InChI is InChI=1S/C13H21N3O/c1-9-6-15-12(5-11(9)14)16-7-10(2)17-13(3,4)8-16/h5-6,10H,7-8H2,1-4H3,(H2,14,15). The normalized spacial score (nSPS) is 23.8. The van der Waals surface area contributed by atoms with Gasteiger partial charge in [0.1, 0.15) is 5.82 Å². The SMILES string of the molecule is Cc1cnc(N2CC(C)OC(C)(C)C2)cc1N. The number of hydrogen-bond donors (Lipinski definition) is 1. The number of aromatic nitrogens is 1. The summed E-state index contributed by atoms with van der Waals surface area (Å²) in [5.74, 6) is 0.941. The van der Waals surface area contributed by atoms with Crippen LogP contribution in [0, 0.1) is 6.92 Å². The van der Waals surface area contributed by atoms with Crippen LogP contribution in [0.5, 0.6) is 0 Å². The van der Waals surface area contributed by atoms with E-state index in [4.69, 9.17) is 10.5 Å². The summed E-state index contributed by atoms with van der Waals surface area (Å²) in [4.78, 5) is 6.69. The highest BCUT2D eigenvalue weighted by molar-refractivity contribution is 5.55. The summed E-state index contributed by atoms with van der Waals surface area (Å²) in [7, 11) is 0. The summed E-state index contributed by atoms with van der Waals surface area (Å²) in [5, 5.41) is 0. The summed E-state index contributed by atoms with van der Waals surface area (Å²) in [6.45, 7) is 9.97. The van der Waals surface area contributed by atoms with E-state index in [0.717, 1.165) is 30.2 Å². The molecule has 4 nitrogen and oxygen atoms in total. The lowest BCUT2D eigenvalue weighted by molar-refractivity contribution is -0.0751. The molecule has 0 radical (unpaired) electrons. The first-order chi connectivity index (χ1) is 7.87. The second-order valence-electron chi connectivity index (χ2n) is 5.47. The molecule has 1 fully saturated rings. The maximum atomic E-state index is 5.93. The van der Waals surface area contributed by atoms with Gasteiger partial charge in [-0.1, -0.05) is 0 Å². The van der Waals surface area contributed by atoms with Gasteiger partial charge in [0.2, 0.25) is 0 Å². The molecule has 0 bridgehead atoms. The quantitative estimate of drug-likeness (QED) is 0.808. The fraction of sp³-hybridized carbons (Fsp3) is 0.615. The topological polar surface area (TPSA) is 51.4 Å². The van der Waals surface area contributed by atoms with Gasteiger partial charge in [0, 0.05) is 31.0 Å². The number of morpholine rings is 1. The van der Waals surface area contributed by atoms with E-state index in [0.29, 0.717) is 0 Å². The number of nitrogen functional groups attached to an aromatic ring is 1. The number of aryl methyl sites for hydroxylation is 1. The number of ether oxygens (including phenoxy) is 1. The van der Waals surface area contributed by atoms with E-state index in [2.05, 4.69) is 30.7 Å². The van der Waals surface area contributed by atoms with Crippen molar-refractivity contribution >= 4 is 11.5 Å². The molecule has 0 amide bonds. The second kappa shape index (κ2) is 4.18. The van der Waals surface area contributed by atoms with Crippen molar-refractivity contribution in [3.05, 3.63) is 17.8 Å². The molecule has 1 aliphatic rings. The minimum atomic E-state index is -0.140. The van der Waals surface area contributed by atoms with Crippen LogP contribution < -0.4 is 10.6 Å². The van der Waals surface area contributed by atoms with Gasteiger partial charge in [0.25, 0.3) is 0 Å². The van der Waals surface area contributed by atoms with Crippen molar-refractivity contribution < 1.29 is 4.74 Å². The molecule has 1 aromatic rings. The molecule has 1 aromatic heterocycles. The molecule has 1 atom stereocenters. The Kier molecular flexibility index (Phi) is 3.00. The maximum Gasteiger partial charge on any atom is 0.130 e. The molecule has 0 saturated carbocycles. The third-order valence-electron chi connectivity index (χ3n) is 3.02. The van der Waals surface area contributed by atoms with Crippen LogP contribution in [0.4, 0.5) is 11.5 Å². The Hall–Kier alpha value is -1.29. The number of nitrogens with zero attached hydrogens (tertiary/aromatic N) is 2. The van der Waals surface area contributed by atoms with E-state index in [1.807, 2.05) is 19.2 Å². The number of hydrogen-bond acceptors (Lipinski definition) is 4. The monoisotopic (exact) mass is 235 g/mol. The van der Waals surface area contributed by atoms with Crippen molar-refractivity contribution in [2.45, 2.75) is 39.4 Å². The molecule has 1 aliphatic heterocycles. The smallest absolute Gasteiger partial charge is 0.130 e. The number of nitrogens with two attached hydrogens (primary N) is 1. The van der Waals surface area contributed by atoms with E-state index in [1.54, 1.807) is 0 Å². The minimum absolute atomic E-state index is 0.140. The molecule has 4 heteroatoms. The molecule has 94 valence electrons. The highest BCUT2D eigenvalue weighted by Gasteiger charge is 2.31. The molecule has 1 unspecified atom stereocenters. The second-order valence-corrected chi connectivity index (χ2v) is 5.47. The van der Waals surface area contributed by atoms with Gasteiger partial charge >= 0.3 is 0 Å². The summed E-state index contributed by atoms with van der Waals surface area (Å²) >= 11 is 0.